The van der Waals surface area contributed by atoms with Crippen LogP contribution < -0.4 is 5.32 Å². The molecule has 0 bridgehead atoms. The van der Waals surface area contributed by atoms with Gasteiger partial charge in [0.05, 0.1) is 15.5 Å². The van der Waals surface area contributed by atoms with Crippen LogP contribution in [0.1, 0.15) is 36.5 Å². The van der Waals surface area contributed by atoms with E-state index in [4.69, 9.17) is 22.3 Å². The van der Waals surface area contributed by atoms with Crippen molar-refractivity contribution in [1.82, 2.24) is 5.32 Å². The van der Waals surface area contributed by atoms with Crippen molar-refractivity contribution in [2.24, 2.45) is 5.92 Å². The van der Waals surface area contributed by atoms with Crippen LogP contribution in [0.25, 0.3) is 0 Å². The van der Waals surface area contributed by atoms with Crippen LogP contribution >= 0.6 is 22.3 Å². The summed E-state index contributed by atoms with van der Waals surface area (Å²) in [4.78, 5) is 12.0. The molecular formula is C13H15Cl2NO3S. The number of hydrogen-bond donors (Lipinski definition) is 1. The summed E-state index contributed by atoms with van der Waals surface area (Å²) >= 11 is 5.94. The summed E-state index contributed by atoms with van der Waals surface area (Å²) in [7, 11) is 1.39. The Labute approximate surface area is 127 Å². The van der Waals surface area contributed by atoms with Crippen LogP contribution in [-0.2, 0) is 9.05 Å². The summed E-state index contributed by atoms with van der Waals surface area (Å²) in [5.74, 6) is 0.156. The monoisotopic (exact) mass is 335 g/mol. The van der Waals surface area contributed by atoms with Gasteiger partial charge in [-0.25, -0.2) is 8.42 Å². The van der Waals surface area contributed by atoms with Gasteiger partial charge in [-0.3, -0.25) is 4.79 Å². The highest BCUT2D eigenvalue weighted by Crippen LogP contribution is 2.35. The highest BCUT2D eigenvalue weighted by molar-refractivity contribution is 8.13. The maximum Gasteiger partial charge on any atom is 0.261 e. The van der Waals surface area contributed by atoms with Crippen LogP contribution in [-0.4, -0.2) is 20.4 Å². The lowest BCUT2D eigenvalue weighted by Crippen LogP contribution is -2.27. The van der Waals surface area contributed by atoms with Gasteiger partial charge in [0.15, 0.2) is 0 Å². The van der Waals surface area contributed by atoms with Gasteiger partial charge >= 0.3 is 0 Å². The molecule has 2 unspecified atom stereocenters. The van der Waals surface area contributed by atoms with E-state index in [2.05, 4.69) is 12.2 Å². The summed E-state index contributed by atoms with van der Waals surface area (Å²) in [5, 5.41) is 3.07. The van der Waals surface area contributed by atoms with Gasteiger partial charge in [-0.2, -0.15) is 0 Å². The van der Waals surface area contributed by atoms with E-state index in [9.17, 15) is 13.2 Å². The molecule has 0 saturated heterocycles. The fourth-order valence-electron chi connectivity index (χ4n) is 2.19. The van der Waals surface area contributed by atoms with E-state index in [1.165, 1.54) is 18.2 Å². The van der Waals surface area contributed by atoms with E-state index < -0.39 is 9.05 Å². The highest BCUT2D eigenvalue weighted by Gasteiger charge is 2.37. The van der Waals surface area contributed by atoms with Gasteiger partial charge in [-0.15, -0.1) is 0 Å². The van der Waals surface area contributed by atoms with Crippen LogP contribution in [0.2, 0.25) is 5.02 Å². The molecule has 0 aliphatic heterocycles. The van der Waals surface area contributed by atoms with Crippen LogP contribution in [0.15, 0.2) is 23.1 Å². The highest BCUT2D eigenvalue weighted by atomic mass is 35.7. The Morgan fingerprint density at radius 3 is 2.75 bits per heavy atom. The molecule has 7 heteroatoms. The minimum absolute atomic E-state index is 0.130. The molecule has 1 aromatic carbocycles. The molecule has 1 amide bonds. The second-order valence-corrected chi connectivity index (χ2v) is 7.92. The quantitative estimate of drug-likeness (QED) is 0.840. The first-order chi connectivity index (χ1) is 9.32. The average Bonchev–Trinajstić information content (AvgIpc) is 3.06. The van der Waals surface area contributed by atoms with Crippen LogP contribution in [0.3, 0.4) is 0 Å². The number of rotatable bonds is 5. The maximum atomic E-state index is 12.1. The molecular weight excluding hydrogens is 321 g/mol. The van der Waals surface area contributed by atoms with E-state index in [0.717, 1.165) is 19.3 Å². The number of halogens is 2. The molecule has 1 N–H and O–H groups in total. The zero-order valence-corrected chi connectivity index (χ0v) is 13.2. The van der Waals surface area contributed by atoms with Crippen molar-refractivity contribution in [2.75, 3.05) is 0 Å². The fraction of sp³-hybridized carbons (Fsp3) is 0.462. The van der Waals surface area contributed by atoms with E-state index in [0.29, 0.717) is 5.92 Å². The normalized spacial score (nSPS) is 21.6. The lowest BCUT2D eigenvalue weighted by Gasteiger charge is -2.07. The molecule has 2 rings (SSSR count). The third kappa shape index (κ3) is 3.65. The molecule has 0 spiro atoms. The Morgan fingerprint density at radius 1 is 1.45 bits per heavy atom. The molecule has 1 aliphatic rings. The van der Waals surface area contributed by atoms with E-state index in [1.807, 2.05) is 0 Å². The molecule has 110 valence electrons. The van der Waals surface area contributed by atoms with Gasteiger partial charge in [0, 0.05) is 16.7 Å². The van der Waals surface area contributed by atoms with Crippen molar-refractivity contribution in [3.8, 4) is 0 Å². The number of amides is 1. The first-order valence-electron chi connectivity index (χ1n) is 6.38. The topological polar surface area (TPSA) is 63.2 Å². The van der Waals surface area contributed by atoms with Gasteiger partial charge in [-0.05, 0) is 37.0 Å². The van der Waals surface area contributed by atoms with E-state index in [1.54, 1.807) is 0 Å². The Balaban J connectivity index is 2.14. The predicted molar refractivity (Wildman–Crippen MR) is 78.8 cm³/mol. The van der Waals surface area contributed by atoms with Gasteiger partial charge < -0.3 is 5.32 Å². The molecule has 1 saturated carbocycles. The third-order valence-electron chi connectivity index (χ3n) is 3.36. The minimum Gasteiger partial charge on any atom is -0.349 e. The Morgan fingerprint density at radius 2 is 2.15 bits per heavy atom. The summed E-state index contributed by atoms with van der Waals surface area (Å²) in [6.45, 7) is 2.10. The summed E-state index contributed by atoms with van der Waals surface area (Å²) < 4.78 is 22.6. The molecule has 20 heavy (non-hydrogen) atoms. The Kier molecular flexibility index (Phi) is 4.62. The summed E-state index contributed by atoms with van der Waals surface area (Å²) in [6, 6.07) is 4.01. The number of nitrogens with one attached hydrogen (secondary N) is 1. The van der Waals surface area contributed by atoms with Crippen LogP contribution in [0, 0.1) is 5.92 Å². The van der Waals surface area contributed by atoms with Crippen molar-refractivity contribution < 1.29 is 13.2 Å². The van der Waals surface area contributed by atoms with Gasteiger partial charge in [0.1, 0.15) is 0 Å². The Hall–Kier alpha value is -0.780. The zero-order valence-electron chi connectivity index (χ0n) is 10.9. The fourth-order valence-corrected chi connectivity index (χ4v) is 3.17. The van der Waals surface area contributed by atoms with Gasteiger partial charge in [-0.1, -0.05) is 24.9 Å². The molecule has 0 radical (unpaired) electrons. The van der Waals surface area contributed by atoms with Crippen molar-refractivity contribution >= 4 is 37.2 Å². The molecule has 0 heterocycles. The minimum atomic E-state index is -3.87. The number of benzene rings is 1. The lowest BCUT2D eigenvalue weighted by atomic mass is 10.2. The molecule has 0 aromatic heterocycles. The van der Waals surface area contributed by atoms with Crippen molar-refractivity contribution in [1.29, 1.82) is 0 Å². The molecule has 4 nitrogen and oxygen atoms in total. The number of carbonyl (C=O) groups excluding carboxylic acids is 1. The van der Waals surface area contributed by atoms with Crippen LogP contribution in [0.5, 0.6) is 0 Å². The maximum absolute atomic E-state index is 12.1. The largest absolute Gasteiger partial charge is 0.349 e. The molecule has 1 fully saturated rings. The van der Waals surface area contributed by atoms with E-state index in [-0.39, 0.29) is 27.4 Å². The number of carbonyl (C=O) groups is 1. The second-order valence-electron chi connectivity index (χ2n) is 4.94. The smallest absolute Gasteiger partial charge is 0.261 e. The molecule has 2 atom stereocenters. The second kappa shape index (κ2) is 5.92. The summed E-state index contributed by atoms with van der Waals surface area (Å²) in [5.41, 5.74) is 0.135. The third-order valence-corrected chi connectivity index (χ3v) is 5.04. The first-order valence-corrected chi connectivity index (χ1v) is 9.06. The SMILES string of the molecule is CCCC1CC1NC(=O)c1cc(S(=O)(=O)Cl)ccc1Cl. The van der Waals surface area contributed by atoms with Gasteiger partial charge in [0.2, 0.25) is 0 Å². The van der Waals surface area contributed by atoms with Gasteiger partial charge in [0.25, 0.3) is 15.0 Å². The summed E-state index contributed by atoms with van der Waals surface area (Å²) in [6.07, 6.45) is 3.12. The average molecular weight is 336 g/mol. The first kappa shape index (κ1) is 15.6. The lowest BCUT2D eigenvalue weighted by molar-refractivity contribution is 0.0949. The predicted octanol–water partition coefficient (Wildman–Crippen LogP) is 3.19. The van der Waals surface area contributed by atoms with Crippen molar-refractivity contribution in [2.45, 2.75) is 37.1 Å². The standard InChI is InChI=1S/C13H15Cl2NO3S/c1-2-3-8-6-12(8)16-13(17)10-7-9(20(15,18)19)4-5-11(10)14/h4-5,7-8,12H,2-3,6H2,1H3,(H,16,17). The molecule has 1 aliphatic carbocycles. The van der Waals surface area contributed by atoms with Crippen molar-refractivity contribution in [3.63, 3.8) is 0 Å². The zero-order chi connectivity index (χ0) is 14.9. The van der Waals surface area contributed by atoms with E-state index >= 15 is 0 Å². The van der Waals surface area contributed by atoms with Crippen molar-refractivity contribution in [3.05, 3.63) is 28.8 Å². The van der Waals surface area contributed by atoms with Crippen LogP contribution in [0.4, 0.5) is 0 Å². The Bertz CT molecular complexity index is 631. The number of hydrogen-bond acceptors (Lipinski definition) is 3. The molecule has 1 aromatic rings.